The summed E-state index contributed by atoms with van der Waals surface area (Å²) in [5, 5.41) is 4.11. The predicted molar refractivity (Wildman–Crippen MR) is 105 cm³/mol. The molecule has 1 aromatic carbocycles. The van der Waals surface area contributed by atoms with Gasteiger partial charge in [0.15, 0.2) is 5.82 Å². The largest absolute Gasteiger partial charge is 0.357 e. The molecule has 1 saturated heterocycles. The van der Waals surface area contributed by atoms with Crippen LogP contribution in [0.25, 0.3) is 11.5 Å². The molecule has 6 nitrogen and oxygen atoms in total. The molecular formula is C21H25N5O. The summed E-state index contributed by atoms with van der Waals surface area (Å²) in [5.41, 5.74) is 8.16. The zero-order valence-corrected chi connectivity index (χ0v) is 15.4. The second-order valence-corrected chi connectivity index (χ2v) is 7.08. The summed E-state index contributed by atoms with van der Waals surface area (Å²) in [4.78, 5) is 11.4. The number of piperidine rings is 1. The molecule has 3 heterocycles. The normalized spacial score (nSPS) is 15.2. The first-order chi connectivity index (χ1) is 13.3. The maximum atomic E-state index is 5.97. The number of rotatable bonds is 6. The lowest BCUT2D eigenvalue weighted by atomic mass is 10.1. The van der Waals surface area contributed by atoms with Gasteiger partial charge in [-0.15, -0.1) is 0 Å². The van der Waals surface area contributed by atoms with Gasteiger partial charge in [0, 0.05) is 31.7 Å². The van der Waals surface area contributed by atoms with E-state index in [9.17, 15) is 0 Å². The molecule has 3 aromatic rings. The van der Waals surface area contributed by atoms with Gasteiger partial charge >= 0.3 is 0 Å². The van der Waals surface area contributed by atoms with Crippen LogP contribution in [0.2, 0.25) is 0 Å². The molecule has 0 amide bonds. The Morgan fingerprint density at radius 2 is 1.85 bits per heavy atom. The SMILES string of the molecule is NC1CCN(c2ccc(-c3nc(CCCc4ccccc4)no3)cn2)CC1. The Kier molecular flexibility index (Phi) is 5.44. The van der Waals surface area contributed by atoms with Gasteiger partial charge in [-0.2, -0.15) is 4.98 Å². The molecule has 0 saturated carbocycles. The number of aromatic nitrogens is 3. The molecule has 0 unspecified atom stereocenters. The molecule has 0 bridgehead atoms. The number of aryl methyl sites for hydroxylation is 2. The Labute approximate surface area is 159 Å². The molecule has 6 heteroatoms. The third kappa shape index (κ3) is 4.52. The zero-order valence-electron chi connectivity index (χ0n) is 15.4. The molecule has 140 valence electrons. The van der Waals surface area contributed by atoms with Crippen LogP contribution in [0.5, 0.6) is 0 Å². The van der Waals surface area contributed by atoms with Crippen molar-refractivity contribution in [1.29, 1.82) is 0 Å². The number of hydrogen-bond acceptors (Lipinski definition) is 6. The van der Waals surface area contributed by atoms with Crippen LogP contribution in [0, 0.1) is 0 Å². The summed E-state index contributed by atoms with van der Waals surface area (Å²) >= 11 is 0. The minimum absolute atomic E-state index is 0.319. The van der Waals surface area contributed by atoms with Crippen LogP contribution in [-0.4, -0.2) is 34.3 Å². The highest BCUT2D eigenvalue weighted by molar-refractivity contribution is 5.54. The second-order valence-electron chi connectivity index (χ2n) is 7.08. The molecule has 1 fully saturated rings. The van der Waals surface area contributed by atoms with Crippen LogP contribution in [0.3, 0.4) is 0 Å². The van der Waals surface area contributed by atoms with Crippen molar-refractivity contribution in [3.8, 4) is 11.5 Å². The highest BCUT2D eigenvalue weighted by Crippen LogP contribution is 2.22. The third-order valence-corrected chi connectivity index (χ3v) is 5.04. The molecule has 0 radical (unpaired) electrons. The van der Waals surface area contributed by atoms with Gasteiger partial charge < -0.3 is 15.2 Å². The Morgan fingerprint density at radius 3 is 2.59 bits per heavy atom. The molecule has 2 aromatic heterocycles. The van der Waals surface area contributed by atoms with Gasteiger partial charge in [-0.05, 0) is 43.4 Å². The maximum absolute atomic E-state index is 5.97. The lowest BCUT2D eigenvalue weighted by Crippen LogP contribution is -2.40. The highest BCUT2D eigenvalue weighted by Gasteiger charge is 2.17. The van der Waals surface area contributed by atoms with Crippen molar-refractivity contribution in [2.45, 2.75) is 38.1 Å². The number of pyridine rings is 1. The molecule has 27 heavy (non-hydrogen) atoms. The van der Waals surface area contributed by atoms with Gasteiger partial charge in [-0.25, -0.2) is 4.98 Å². The molecule has 0 aliphatic carbocycles. The third-order valence-electron chi connectivity index (χ3n) is 5.04. The van der Waals surface area contributed by atoms with E-state index in [4.69, 9.17) is 10.3 Å². The lowest BCUT2D eigenvalue weighted by molar-refractivity contribution is 0.421. The van der Waals surface area contributed by atoms with Gasteiger partial charge in [0.2, 0.25) is 0 Å². The summed E-state index contributed by atoms with van der Waals surface area (Å²) in [5.74, 6) is 2.26. The van der Waals surface area contributed by atoms with E-state index in [0.29, 0.717) is 11.9 Å². The van der Waals surface area contributed by atoms with Crippen molar-refractivity contribution in [2.75, 3.05) is 18.0 Å². The van der Waals surface area contributed by atoms with Crippen molar-refractivity contribution in [3.63, 3.8) is 0 Å². The van der Waals surface area contributed by atoms with E-state index in [-0.39, 0.29) is 0 Å². The smallest absolute Gasteiger partial charge is 0.259 e. The number of anilines is 1. The Bertz CT molecular complexity index is 839. The number of hydrogen-bond donors (Lipinski definition) is 1. The van der Waals surface area contributed by atoms with Crippen molar-refractivity contribution in [2.24, 2.45) is 5.73 Å². The summed E-state index contributed by atoms with van der Waals surface area (Å²) in [7, 11) is 0. The summed E-state index contributed by atoms with van der Waals surface area (Å²) in [6, 6.07) is 14.8. The molecule has 0 atom stereocenters. The van der Waals surface area contributed by atoms with E-state index in [1.807, 2.05) is 24.4 Å². The molecule has 1 aliphatic rings. The molecule has 2 N–H and O–H groups in total. The minimum Gasteiger partial charge on any atom is -0.357 e. The second kappa shape index (κ2) is 8.31. The molecule has 1 aliphatic heterocycles. The van der Waals surface area contributed by atoms with Gasteiger partial charge in [-0.3, -0.25) is 0 Å². The number of nitrogens with zero attached hydrogens (tertiary/aromatic N) is 4. The molecule has 0 spiro atoms. The predicted octanol–water partition coefficient (Wildman–Crippen LogP) is 3.23. The van der Waals surface area contributed by atoms with Crippen molar-refractivity contribution in [1.82, 2.24) is 15.1 Å². The van der Waals surface area contributed by atoms with E-state index in [0.717, 1.165) is 62.4 Å². The van der Waals surface area contributed by atoms with E-state index >= 15 is 0 Å². The van der Waals surface area contributed by atoms with Crippen molar-refractivity contribution in [3.05, 3.63) is 60.0 Å². The fourth-order valence-corrected chi connectivity index (χ4v) is 3.40. The maximum Gasteiger partial charge on any atom is 0.259 e. The van der Waals surface area contributed by atoms with Crippen LogP contribution >= 0.6 is 0 Å². The standard InChI is InChI=1S/C21H25N5O/c22-18-11-13-26(14-12-18)20-10-9-17(15-23-20)21-24-19(25-27-21)8-4-7-16-5-2-1-3-6-16/h1-3,5-6,9-10,15,18H,4,7-8,11-14,22H2. The molecular weight excluding hydrogens is 338 g/mol. The topological polar surface area (TPSA) is 81.1 Å². The van der Waals surface area contributed by atoms with Crippen molar-refractivity contribution >= 4 is 5.82 Å². The highest BCUT2D eigenvalue weighted by atomic mass is 16.5. The zero-order chi connectivity index (χ0) is 18.5. The fourth-order valence-electron chi connectivity index (χ4n) is 3.40. The first-order valence-corrected chi connectivity index (χ1v) is 9.61. The quantitative estimate of drug-likeness (QED) is 0.724. The van der Waals surface area contributed by atoms with Crippen LogP contribution in [0.15, 0.2) is 53.2 Å². The Hall–Kier alpha value is -2.73. The van der Waals surface area contributed by atoms with E-state index in [1.165, 1.54) is 5.56 Å². The van der Waals surface area contributed by atoms with E-state index in [1.54, 1.807) is 0 Å². The number of benzene rings is 1. The monoisotopic (exact) mass is 363 g/mol. The fraction of sp³-hybridized carbons (Fsp3) is 0.381. The van der Waals surface area contributed by atoms with Gasteiger partial charge in [0.1, 0.15) is 5.82 Å². The summed E-state index contributed by atoms with van der Waals surface area (Å²) in [6.45, 7) is 1.92. The average Bonchev–Trinajstić information content (AvgIpc) is 3.19. The van der Waals surface area contributed by atoms with Crippen molar-refractivity contribution < 1.29 is 4.52 Å². The average molecular weight is 363 g/mol. The van der Waals surface area contributed by atoms with Gasteiger partial charge in [0.05, 0.1) is 5.56 Å². The van der Waals surface area contributed by atoms with Crippen LogP contribution in [-0.2, 0) is 12.8 Å². The summed E-state index contributed by atoms with van der Waals surface area (Å²) in [6.07, 6.45) is 6.65. The van der Waals surface area contributed by atoms with E-state index < -0.39 is 0 Å². The lowest BCUT2D eigenvalue weighted by Gasteiger charge is -2.31. The van der Waals surface area contributed by atoms with Gasteiger partial charge in [-0.1, -0.05) is 35.5 Å². The van der Waals surface area contributed by atoms with E-state index in [2.05, 4.69) is 44.3 Å². The minimum atomic E-state index is 0.319. The first-order valence-electron chi connectivity index (χ1n) is 9.61. The first kappa shape index (κ1) is 17.7. The van der Waals surface area contributed by atoms with Crippen LogP contribution in [0.1, 0.15) is 30.7 Å². The Morgan fingerprint density at radius 1 is 1.04 bits per heavy atom. The summed E-state index contributed by atoms with van der Waals surface area (Å²) < 4.78 is 5.42. The van der Waals surface area contributed by atoms with Crippen LogP contribution in [0.4, 0.5) is 5.82 Å². The molecule has 4 rings (SSSR count). The van der Waals surface area contributed by atoms with Crippen LogP contribution < -0.4 is 10.6 Å². The Balaban J connectivity index is 1.34. The number of nitrogens with two attached hydrogens (primary N) is 1. The van der Waals surface area contributed by atoms with Gasteiger partial charge in [0.25, 0.3) is 5.89 Å².